The van der Waals surface area contributed by atoms with E-state index in [1.54, 1.807) is 60.3 Å². The van der Waals surface area contributed by atoms with E-state index in [2.05, 4.69) is 0 Å². The molecule has 0 aliphatic carbocycles. The SMILES string of the molecule is Cc1ccn(-c2cccc(N3CCN(C)C3=O)c2)c(=O)c1C(=O)O. The minimum absolute atomic E-state index is 0.102. The second-order valence-electron chi connectivity index (χ2n) is 5.73. The number of urea groups is 1. The van der Waals surface area contributed by atoms with Crippen LogP contribution in [0.1, 0.15) is 15.9 Å². The van der Waals surface area contributed by atoms with E-state index >= 15 is 0 Å². The molecule has 1 fully saturated rings. The molecule has 1 aromatic carbocycles. The van der Waals surface area contributed by atoms with Crippen LogP contribution in [0.3, 0.4) is 0 Å². The standard InChI is InChI=1S/C17H17N3O4/c1-11-6-7-19(15(21)14(11)16(22)23)12-4-3-5-13(10-12)20-9-8-18(2)17(20)24/h3-7,10H,8-9H2,1-2H3,(H,22,23). The Balaban J connectivity index is 2.08. The van der Waals surface area contributed by atoms with Crippen molar-refractivity contribution in [2.24, 2.45) is 0 Å². The number of rotatable bonds is 3. The quantitative estimate of drug-likeness (QED) is 0.930. The minimum Gasteiger partial charge on any atom is -0.477 e. The molecule has 1 N–H and O–H groups in total. The molecule has 0 spiro atoms. The molecule has 7 heteroatoms. The number of pyridine rings is 1. The number of aryl methyl sites for hydroxylation is 1. The Bertz CT molecular complexity index is 888. The van der Waals surface area contributed by atoms with Crippen molar-refractivity contribution in [3.05, 3.63) is 58.0 Å². The van der Waals surface area contributed by atoms with Gasteiger partial charge in [-0.3, -0.25) is 14.3 Å². The largest absolute Gasteiger partial charge is 0.477 e. The minimum atomic E-state index is -1.25. The second-order valence-corrected chi connectivity index (χ2v) is 5.73. The van der Waals surface area contributed by atoms with Crippen molar-refractivity contribution >= 4 is 17.7 Å². The summed E-state index contributed by atoms with van der Waals surface area (Å²) in [6.07, 6.45) is 1.54. The number of likely N-dealkylation sites (N-methyl/N-ethyl adjacent to an activating group) is 1. The van der Waals surface area contributed by atoms with Crippen LogP contribution in [0.15, 0.2) is 41.3 Å². The number of benzene rings is 1. The van der Waals surface area contributed by atoms with E-state index in [-0.39, 0.29) is 11.6 Å². The molecular formula is C17H17N3O4. The van der Waals surface area contributed by atoms with Gasteiger partial charge in [0.2, 0.25) is 0 Å². The molecule has 1 aromatic heterocycles. The van der Waals surface area contributed by atoms with Gasteiger partial charge < -0.3 is 10.0 Å². The molecule has 2 amide bonds. The highest BCUT2D eigenvalue weighted by Crippen LogP contribution is 2.22. The number of aromatic carboxylic acids is 1. The zero-order valence-electron chi connectivity index (χ0n) is 13.4. The summed E-state index contributed by atoms with van der Waals surface area (Å²) >= 11 is 0. The van der Waals surface area contributed by atoms with Gasteiger partial charge in [0, 0.05) is 32.0 Å². The Morgan fingerprint density at radius 1 is 1.12 bits per heavy atom. The van der Waals surface area contributed by atoms with Crippen molar-refractivity contribution < 1.29 is 14.7 Å². The molecule has 0 bridgehead atoms. The molecule has 0 unspecified atom stereocenters. The van der Waals surface area contributed by atoms with Crippen LogP contribution >= 0.6 is 0 Å². The predicted octanol–water partition coefficient (Wildman–Crippen LogP) is 1.72. The number of aromatic nitrogens is 1. The number of hydrogen-bond donors (Lipinski definition) is 1. The molecule has 0 atom stereocenters. The van der Waals surface area contributed by atoms with Gasteiger partial charge in [-0.25, -0.2) is 9.59 Å². The molecular weight excluding hydrogens is 310 g/mol. The van der Waals surface area contributed by atoms with Gasteiger partial charge >= 0.3 is 12.0 Å². The zero-order chi connectivity index (χ0) is 17.4. The fourth-order valence-corrected chi connectivity index (χ4v) is 2.79. The van der Waals surface area contributed by atoms with Gasteiger partial charge in [0.1, 0.15) is 5.56 Å². The molecule has 24 heavy (non-hydrogen) atoms. The lowest BCUT2D eigenvalue weighted by atomic mass is 10.1. The van der Waals surface area contributed by atoms with E-state index in [9.17, 15) is 19.5 Å². The average molecular weight is 327 g/mol. The normalized spacial score (nSPS) is 14.3. The number of carboxylic acids is 1. The maximum absolute atomic E-state index is 12.5. The van der Waals surface area contributed by atoms with Crippen molar-refractivity contribution in [3.8, 4) is 5.69 Å². The molecule has 0 saturated carbocycles. The first-order valence-electron chi connectivity index (χ1n) is 7.49. The molecule has 1 aliphatic rings. The van der Waals surface area contributed by atoms with Crippen molar-refractivity contribution in [1.29, 1.82) is 0 Å². The van der Waals surface area contributed by atoms with Crippen molar-refractivity contribution in [2.75, 3.05) is 25.0 Å². The number of carbonyl (C=O) groups is 2. The van der Waals surface area contributed by atoms with E-state index in [1.807, 2.05) is 0 Å². The zero-order valence-corrected chi connectivity index (χ0v) is 13.4. The van der Waals surface area contributed by atoms with Crippen LogP contribution in [-0.4, -0.2) is 46.7 Å². The average Bonchev–Trinajstić information content (AvgIpc) is 2.87. The molecule has 124 valence electrons. The highest BCUT2D eigenvalue weighted by Gasteiger charge is 2.26. The van der Waals surface area contributed by atoms with Gasteiger partial charge in [0.05, 0.1) is 5.69 Å². The molecule has 1 saturated heterocycles. The summed E-state index contributed by atoms with van der Waals surface area (Å²) in [6, 6.07) is 8.43. The first-order valence-corrected chi connectivity index (χ1v) is 7.49. The van der Waals surface area contributed by atoms with Gasteiger partial charge in [-0.05, 0) is 36.8 Å². The van der Waals surface area contributed by atoms with E-state index in [0.717, 1.165) is 0 Å². The molecule has 3 rings (SSSR count). The van der Waals surface area contributed by atoms with Crippen LogP contribution < -0.4 is 10.5 Å². The number of nitrogens with zero attached hydrogens (tertiary/aromatic N) is 3. The van der Waals surface area contributed by atoms with E-state index in [4.69, 9.17) is 0 Å². The van der Waals surface area contributed by atoms with Crippen LogP contribution in [0.2, 0.25) is 0 Å². The fraction of sp³-hybridized carbons (Fsp3) is 0.235. The molecule has 7 nitrogen and oxygen atoms in total. The lowest BCUT2D eigenvalue weighted by molar-refractivity contribution is 0.0693. The third-order valence-corrected chi connectivity index (χ3v) is 4.15. The maximum Gasteiger partial charge on any atom is 0.341 e. The maximum atomic E-state index is 12.5. The summed E-state index contributed by atoms with van der Waals surface area (Å²) < 4.78 is 1.28. The van der Waals surface area contributed by atoms with Crippen LogP contribution in [0.25, 0.3) is 5.69 Å². The Labute approximate surface area is 138 Å². The smallest absolute Gasteiger partial charge is 0.341 e. The Morgan fingerprint density at radius 3 is 2.46 bits per heavy atom. The number of anilines is 1. The van der Waals surface area contributed by atoms with Crippen LogP contribution in [-0.2, 0) is 0 Å². The summed E-state index contributed by atoms with van der Waals surface area (Å²) in [7, 11) is 1.73. The number of carbonyl (C=O) groups excluding carboxylic acids is 1. The Morgan fingerprint density at radius 2 is 1.83 bits per heavy atom. The Hall–Kier alpha value is -3.09. The van der Waals surface area contributed by atoms with Gasteiger partial charge in [0.25, 0.3) is 5.56 Å². The van der Waals surface area contributed by atoms with Crippen LogP contribution in [0.5, 0.6) is 0 Å². The van der Waals surface area contributed by atoms with E-state index in [1.165, 1.54) is 4.57 Å². The second kappa shape index (κ2) is 5.84. The highest BCUT2D eigenvalue weighted by molar-refractivity contribution is 5.94. The van der Waals surface area contributed by atoms with Crippen molar-refractivity contribution in [1.82, 2.24) is 9.47 Å². The van der Waals surface area contributed by atoms with Gasteiger partial charge in [-0.1, -0.05) is 6.07 Å². The highest BCUT2D eigenvalue weighted by atomic mass is 16.4. The lowest BCUT2D eigenvalue weighted by Crippen LogP contribution is -2.29. The molecule has 2 aromatic rings. The molecule has 2 heterocycles. The fourth-order valence-electron chi connectivity index (χ4n) is 2.79. The van der Waals surface area contributed by atoms with E-state index in [0.29, 0.717) is 30.0 Å². The Kier molecular flexibility index (Phi) is 3.84. The first kappa shape index (κ1) is 15.8. The van der Waals surface area contributed by atoms with E-state index < -0.39 is 11.5 Å². The molecule has 0 radical (unpaired) electrons. The molecule has 1 aliphatic heterocycles. The summed E-state index contributed by atoms with van der Waals surface area (Å²) in [6.45, 7) is 2.79. The van der Waals surface area contributed by atoms with Crippen LogP contribution in [0, 0.1) is 6.92 Å². The van der Waals surface area contributed by atoms with Crippen molar-refractivity contribution in [2.45, 2.75) is 6.92 Å². The number of amides is 2. The summed E-state index contributed by atoms with van der Waals surface area (Å²) in [5, 5.41) is 9.24. The predicted molar refractivity (Wildman–Crippen MR) is 89.1 cm³/mol. The summed E-state index contributed by atoms with van der Waals surface area (Å²) in [4.78, 5) is 39.1. The summed E-state index contributed by atoms with van der Waals surface area (Å²) in [5.41, 5.74) is 0.759. The number of hydrogen-bond acceptors (Lipinski definition) is 3. The van der Waals surface area contributed by atoms with Crippen LogP contribution in [0.4, 0.5) is 10.5 Å². The van der Waals surface area contributed by atoms with Gasteiger partial charge in [0.15, 0.2) is 0 Å². The van der Waals surface area contributed by atoms with Gasteiger partial charge in [-0.15, -0.1) is 0 Å². The van der Waals surface area contributed by atoms with Gasteiger partial charge in [-0.2, -0.15) is 0 Å². The third-order valence-electron chi connectivity index (χ3n) is 4.15. The lowest BCUT2D eigenvalue weighted by Gasteiger charge is -2.17. The number of carboxylic acid groups (broad SMARTS) is 1. The van der Waals surface area contributed by atoms with Crippen molar-refractivity contribution in [3.63, 3.8) is 0 Å². The first-order chi connectivity index (χ1) is 11.4. The monoisotopic (exact) mass is 327 g/mol. The summed E-state index contributed by atoms with van der Waals surface area (Å²) in [5.74, 6) is -1.25. The topological polar surface area (TPSA) is 82.8 Å². The third kappa shape index (κ3) is 2.54.